The number of hydrogen-bond donors (Lipinski definition) is 2. The van der Waals surface area contributed by atoms with Gasteiger partial charge in [-0.25, -0.2) is 4.79 Å². The van der Waals surface area contributed by atoms with Crippen LogP contribution in [0.5, 0.6) is 0 Å². The van der Waals surface area contributed by atoms with Crippen LogP contribution in [-0.2, 0) is 19.1 Å². The third kappa shape index (κ3) is 8.74. The summed E-state index contributed by atoms with van der Waals surface area (Å²) in [6, 6.07) is -0.716. The number of nitrogens with one attached hydrogen (secondary N) is 2. The second-order valence-corrected chi connectivity index (χ2v) is 7.92. The minimum absolute atomic E-state index is 0.109. The molecule has 140 valence electrons. The summed E-state index contributed by atoms with van der Waals surface area (Å²) in [7, 11) is 1.24. The molecule has 0 fully saturated rings. The molecular weight excluding hydrogens is 312 g/mol. The first-order chi connectivity index (χ1) is 10.8. The Bertz CT molecular complexity index is 452. The number of hydrogen-bond acceptors (Lipinski definition) is 5. The number of alkyl carbamates (subject to hydrolysis) is 1. The van der Waals surface area contributed by atoms with Crippen LogP contribution in [0.3, 0.4) is 0 Å². The van der Waals surface area contributed by atoms with Crippen molar-refractivity contribution >= 4 is 18.0 Å². The Balaban J connectivity index is 4.80. The van der Waals surface area contributed by atoms with Gasteiger partial charge < -0.3 is 20.1 Å². The first-order valence-electron chi connectivity index (χ1n) is 8.14. The van der Waals surface area contributed by atoms with E-state index < -0.39 is 29.1 Å². The van der Waals surface area contributed by atoms with Crippen LogP contribution >= 0.6 is 0 Å². The molecule has 0 aliphatic carbocycles. The van der Waals surface area contributed by atoms with Gasteiger partial charge in [0.15, 0.2) is 0 Å². The number of amides is 2. The number of methoxy groups -OCH3 is 1. The second-order valence-electron chi connectivity index (χ2n) is 7.92. The lowest BCUT2D eigenvalue weighted by Crippen LogP contribution is -2.50. The molecule has 0 aliphatic heterocycles. The maximum atomic E-state index is 12.4. The monoisotopic (exact) mass is 344 g/mol. The molecule has 0 rings (SSSR count). The summed E-state index contributed by atoms with van der Waals surface area (Å²) in [6.45, 7) is 12.8. The first-order valence-corrected chi connectivity index (χ1v) is 8.14. The molecule has 1 atom stereocenters. The van der Waals surface area contributed by atoms with E-state index in [1.165, 1.54) is 7.11 Å². The lowest BCUT2D eigenvalue weighted by atomic mass is 9.93. The van der Waals surface area contributed by atoms with Gasteiger partial charge in [0, 0.05) is 6.54 Å². The summed E-state index contributed by atoms with van der Waals surface area (Å²) in [4.78, 5) is 35.9. The third-order valence-corrected chi connectivity index (χ3v) is 3.16. The summed E-state index contributed by atoms with van der Waals surface area (Å²) in [5.74, 6) is -0.542. The van der Waals surface area contributed by atoms with Gasteiger partial charge in [-0.15, -0.1) is 0 Å². The predicted octanol–water partition coefficient (Wildman–Crippen LogP) is 2.24. The van der Waals surface area contributed by atoms with Crippen molar-refractivity contribution < 1.29 is 23.9 Å². The molecule has 0 spiro atoms. The molecule has 24 heavy (non-hydrogen) atoms. The van der Waals surface area contributed by atoms with Gasteiger partial charge >= 0.3 is 12.1 Å². The topological polar surface area (TPSA) is 93.7 Å². The SMILES string of the molecule is COC(=O)N[C@H](CC(C)C)C(=O)NCC(C)(C)C(=O)OC(C)(C)C. The zero-order valence-electron chi connectivity index (χ0n) is 16.1. The summed E-state index contributed by atoms with van der Waals surface area (Å²) >= 11 is 0. The van der Waals surface area contributed by atoms with E-state index in [-0.39, 0.29) is 18.4 Å². The Morgan fingerprint density at radius 3 is 2.00 bits per heavy atom. The predicted molar refractivity (Wildman–Crippen MR) is 91.4 cm³/mol. The first kappa shape index (κ1) is 22.2. The molecule has 0 saturated carbocycles. The van der Waals surface area contributed by atoms with Gasteiger partial charge in [0.05, 0.1) is 12.5 Å². The number of carbonyl (C=O) groups excluding carboxylic acids is 3. The molecule has 0 aromatic carbocycles. The van der Waals surface area contributed by atoms with Gasteiger partial charge in [-0.05, 0) is 47.0 Å². The lowest BCUT2D eigenvalue weighted by Gasteiger charge is -2.29. The minimum atomic E-state index is -0.878. The van der Waals surface area contributed by atoms with E-state index >= 15 is 0 Å². The standard InChI is InChI=1S/C17H32N2O5/c1-11(2)9-12(19-15(22)23-8)13(20)18-10-17(6,7)14(21)24-16(3,4)5/h11-12H,9-10H2,1-8H3,(H,18,20)(H,19,22)/t12-/m1/s1. The van der Waals surface area contributed by atoms with Gasteiger partial charge in [-0.3, -0.25) is 9.59 Å². The van der Waals surface area contributed by atoms with Gasteiger partial charge in [0.1, 0.15) is 11.6 Å². The number of ether oxygens (including phenoxy) is 2. The summed E-state index contributed by atoms with van der Waals surface area (Å²) in [5.41, 5.74) is -1.47. The number of esters is 1. The van der Waals surface area contributed by atoms with E-state index in [0.29, 0.717) is 6.42 Å². The van der Waals surface area contributed by atoms with Gasteiger partial charge in [0.25, 0.3) is 0 Å². The summed E-state index contributed by atoms with van der Waals surface area (Å²) in [5, 5.41) is 5.23. The Morgan fingerprint density at radius 2 is 1.58 bits per heavy atom. The molecule has 0 aromatic rings. The van der Waals surface area contributed by atoms with Crippen molar-refractivity contribution in [3.63, 3.8) is 0 Å². The fourth-order valence-electron chi connectivity index (χ4n) is 1.82. The van der Waals surface area contributed by atoms with E-state index in [1.807, 2.05) is 13.8 Å². The molecule has 0 aliphatic rings. The molecule has 2 amide bonds. The van der Waals surface area contributed by atoms with Crippen LogP contribution in [0.1, 0.15) is 54.9 Å². The largest absolute Gasteiger partial charge is 0.460 e. The van der Waals surface area contributed by atoms with E-state index in [9.17, 15) is 14.4 Å². The maximum Gasteiger partial charge on any atom is 0.407 e. The smallest absolute Gasteiger partial charge is 0.407 e. The van der Waals surface area contributed by atoms with Gasteiger partial charge in [-0.2, -0.15) is 0 Å². The van der Waals surface area contributed by atoms with Crippen LogP contribution in [0.2, 0.25) is 0 Å². The van der Waals surface area contributed by atoms with Crippen molar-refractivity contribution in [1.29, 1.82) is 0 Å². The average Bonchev–Trinajstić information content (AvgIpc) is 2.41. The Hall–Kier alpha value is -1.79. The number of rotatable bonds is 7. The quantitative estimate of drug-likeness (QED) is 0.691. The summed E-state index contributed by atoms with van der Waals surface area (Å²) in [6.07, 6.45) is -0.199. The molecule has 0 saturated heterocycles. The van der Waals surface area contributed by atoms with Crippen LogP contribution in [0.4, 0.5) is 4.79 Å². The highest BCUT2D eigenvalue weighted by atomic mass is 16.6. The van der Waals surface area contributed by atoms with Crippen molar-refractivity contribution in [2.75, 3.05) is 13.7 Å². The Kier molecular flexibility index (Phi) is 8.23. The number of carbonyl (C=O) groups is 3. The fraction of sp³-hybridized carbons (Fsp3) is 0.824. The van der Waals surface area contributed by atoms with E-state index in [1.54, 1.807) is 34.6 Å². The summed E-state index contributed by atoms with van der Waals surface area (Å²) < 4.78 is 9.91. The van der Waals surface area contributed by atoms with Crippen molar-refractivity contribution in [2.45, 2.75) is 66.5 Å². The Morgan fingerprint density at radius 1 is 1.04 bits per heavy atom. The molecule has 0 bridgehead atoms. The van der Waals surface area contributed by atoms with Crippen molar-refractivity contribution in [2.24, 2.45) is 11.3 Å². The minimum Gasteiger partial charge on any atom is -0.460 e. The maximum absolute atomic E-state index is 12.4. The van der Waals surface area contributed by atoms with Crippen LogP contribution in [0.15, 0.2) is 0 Å². The fourth-order valence-corrected chi connectivity index (χ4v) is 1.82. The van der Waals surface area contributed by atoms with Crippen LogP contribution in [0, 0.1) is 11.3 Å². The lowest BCUT2D eigenvalue weighted by molar-refractivity contribution is -0.165. The molecule has 0 heterocycles. The molecular formula is C17H32N2O5. The van der Waals surface area contributed by atoms with Crippen LogP contribution < -0.4 is 10.6 Å². The zero-order chi connectivity index (χ0) is 19.1. The van der Waals surface area contributed by atoms with E-state index in [4.69, 9.17) is 4.74 Å². The van der Waals surface area contributed by atoms with E-state index in [0.717, 1.165) is 0 Å². The Labute approximate surface area is 144 Å². The van der Waals surface area contributed by atoms with E-state index in [2.05, 4.69) is 15.4 Å². The van der Waals surface area contributed by atoms with Crippen molar-refractivity contribution in [1.82, 2.24) is 10.6 Å². The average molecular weight is 344 g/mol. The highest BCUT2D eigenvalue weighted by Crippen LogP contribution is 2.20. The molecule has 0 aromatic heterocycles. The van der Waals surface area contributed by atoms with Crippen LogP contribution in [0.25, 0.3) is 0 Å². The van der Waals surface area contributed by atoms with Crippen molar-refractivity contribution in [3.05, 3.63) is 0 Å². The molecule has 7 heteroatoms. The highest BCUT2D eigenvalue weighted by molar-refractivity contribution is 5.86. The van der Waals surface area contributed by atoms with Crippen LogP contribution in [-0.4, -0.2) is 43.3 Å². The van der Waals surface area contributed by atoms with Crippen molar-refractivity contribution in [3.8, 4) is 0 Å². The zero-order valence-corrected chi connectivity index (χ0v) is 16.1. The second kappa shape index (κ2) is 8.89. The molecule has 7 nitrogen and oxygen atoms in total. The molecule has 0 radical (unpaired) electrons. The third-order valence-electron chi connectivity index (χ3n) is 3.16. The normalized spacial score (nSPS) is 13.2. The van der Waals surface area contributed by atoms with Gasteiger partial charge in [-0.1, -0.05) is 13.8 Å². The molecule has 2 N–H and O–H groups in total. The molecule has 0 unspecified atom stereocenters. The van der Waals surface area contributed by atoms with Gasteiger partial charge in [0.2, 0.25) is 5.91 Å². The highest BCUT2D eigenvalue weighted by Gasteiger charge is 2.34.